The van der Waals surface area contributed by atoms with Gasteiger partial charge in [0.1, 0.15) is 6.10 Å². The molecule has 1 saturated carbocycles. The summed E-state index contributed by atoms with van der Waals surface area (Å²) < 4.78 is 43.3. The summed E-state index contributed by atoms with van der Waals surface area (Å²) in [6, 6.07) is 4.69. The molecule has 0 radical (unpaired) electrons. The minimum atomic E-state index is -4.36. The molecule has 0 heterocycles. The second-order valence-corrected chi connectivity index (χ2v) is 7.23. The molecule has 3 atom stereocenters. The SMILES string of the molecule is CC(C)[C@H]1CC[C@H](C)C[C@@H]1OC(=O)Cc1ccc(C(F)(F)F)cc1. The lowest BCUT2D eigenvalue weighted by atomic mass is 9.75. The quantitative estimate of drug-likeness (QED) is 0.698. The predicted molar refractivity (Wildman–Crippen MR) is 86.4 cm³/mol. The Bertz CT molecular complexity index is 549. The fourth-order valence-corrected chi connectivity index (χ4v) is 3.44. The number of esters is 1. The first-order valence-electron chi connectivity index (χ1n) is 8.52. The average Bonchev–Trinajstić information content (AvgIpc) is 2.46. The van der Waals surface area contributed by atoms with Gasteiger partial charge in [-0.15, -0.1) is 0 Å². The zero-order chi connectivity index (χ0) is 17.9. The van der Waals surface area contributed by atoms with Gasteiger partial charge >= 0.3 is 12.1 Å². The number of halogens is 3. The van der Waals surface area contributed by atoms with Crippen LogP contribution in [0.15, 0.2) is 24.3 Å². The van der Waals surface area contributed by atoms with E-state index in [1.165, 1.54) is 12.1 Å². The number of carbonyl (C=O) groups is 1. The molecule has 24 heavy (non-hydrogen) atoms. The van der Waals surface area contributed by atoms with Gasteiger partial charge in [0.25, 0.3) is 0 Å². The smallest absolute Gasteiger partial charge is 0.416 e. The highest BCUT2D eigenvalue weighted by atomic mass is 19.4. The lowest BCUT2D eigenvalue weighted by molar-refractivity contribution is -0.155. The standard InChI is InChI=1S/C19H25F3O2/c1-12(2)16-9-4-13(3)10-17(16)24-18(23)11-14-5-7-15(8-6-14)19(20,21)22/h5-8,12-13,16-17H,4,9-11H2,1-3H3/t13-,16+,17-/m0/s1. The monoisotopic (exact) mass is 342 g/mol. The van der Waals surface area contributed by atoms with Crippen LogP contribution >= 0.6 is 0 Å². The van der Waals surface area contributed by atoms with Crippen molar-refractivity contribution in [2.45, 2.75) is 58.7 Å². The van der Waals surface area contributed by atoms with Gasteiger partial charge in [-0.05, 0) is 48.3 Å². The summed E-state index contributed by atoms with van der Waals surface area (Å²) in [4.78, 5) is 12.2. The Kier molecular flexibility index (Phi) is 5.94. The predicted octanol–water partition coefficient (Wildman–Crippen LogP) is 5.25. The molecule has 0 bridgehead atoms. The second kappa shape index (κ2) is 7.58. The number of carbonyl (C=O) groups excluding carboxylic acids is 1. The molecule has 0 unspecified atom stereocenters. The summed E-state index contributed by atoms with van der Waals surface area (Å²) in [5.74, 6) is 0.975. The molecule has 1 aliphatic rings. The molecule has 0 N–H and O–H groups in total. The van der Waals surface area contributed by atoms with Crippen LogP contribution < -0.4 is 0 Å². The fourth-order valence-electron chi connectivity index (χ4n) is 3.44. The van der Waals surface area contributed by atoms with Gasteiger partial charge in [-0.3, -0.25) is 4.79 Å². The van der Waals surface area contributed by atoms with Gasteiger partial charge in [0, 0.05) is 0 Å². The van der Waals surface area contributed by atoms with E-state index in [-0.39, 0.29) is 18.5 Å². The molecule has 0 amide bonds. The van der Waals surface area contributed by atoms with E-state index in [0.29, 0.717) is 23.3 Å². The molecule has 2 rings (SSSR count). The average molecular weight is 342 g/mol. The van der Waals surface area contributed by atoms with Crippen molar-refractivity contribution >= 4 is 5.97 Å². The lowest BCUT2D eigenvalue weighted by Crippen LogP contribution is -2.36. The Labute approximate surface area is 141 Å². The largest absolute Gasteiger partial charge is 0.462 e. The lowest BCUT2D eigenvalue weighted by Gasteiger charge is -2.36. The number of rotatable bonds is 4. The normalized spacial score (nSPS) is 24.9. The molecule has 1 fully saturated rings. The minimum absolute atomic E-state index is 0.00777. The van der Waals surface area contributed by atoms with Gasteiger partial charge in [-0.25, -0.2) is 0 Å². The van der Waals surface area contributed by atoms with E-state index in [0.717, 1.165) is 31.4 Å². The van der Waals surface area contributed by atoms with Crippen molar-refractivity contribution in [2.75, 3.05) is 0 Å². The maximum Gasteiger partial charge on any atom is 0.416 e. The highest BCUT2D eigenvalue weighted by Crippen LogP contribution is 2.35. The first-order valence-corrected chi connectivity index (χ1v) is 8.52. The molecule has 5 heteroatoms. The highest BCUT2D eigenvalue weighted by Gasteiger charge is 2.33. The Balaban J connectivity index is 1.96. The third-order valence-corrected chi connectivity index (χ3v) is 4.87. The molecule has 0 aromatic heterocycles. The molecular formula is C19H25F3O2. The Morgan fingerprint density at radius 1 is 1.21 bits per heavy atom. The van der Waals surface area contributed by atoms with Crippen LogP contribution in [0.2, 0.25) is 0 Å². The summed E-state index contributed by atoms with van der Waals surface area (Å²) in [7, 11) is 0. The molecular weight excluding hydrogens is 317 g/mol. The summed E-state index contributed by atoms with van der Waals surface area (Å²) >= 11 is 0. The van der Waals surface area contributed by atoms with E-state index >= 15 is 0 Å². The molecule has 1 aliphatic carbocycles. The number of ether oxygens (including phenoxy) is 1. The summed E-state index contributed by atoms with van der Waals surface area (Å²) in [6.45, 7) is 6.43. The van der Waals surface area contributed by atoms with Crippen molar-refractivity contribution in [3.63, 3.8) is 0 Å². The van der Waals surface area contributed by atoms with Crippen LogP contribution in [0.3, 0.4) is 0 Å². The van der Waals surface area contributed by atoms with Gasteiger partial charge < -0.3 is 4.74 Å². The van der Waals surface area contributed by atoms with E-state index in [4.69, 9.17) is 4.74 Å². The Morgan fingerprint density at radius 2 is 1.83 bits per heavy atom. The van der Waals surface area contributed by atoms with Crippen molar-refractivity contribution in [3.05, 3.63) is 35.4 Å². The van der Waals surface area contributed by atoms with Crippen LogP contribution in [0.4, 0.5) is 13.2 Å². The third kappa shape index (κ3) is 4.99. The zero-order valence-electron chi connectivity index (χ0n) is 14.4. The van der Waals surface area contributed by atoms with Crippen molar-refractivity contribution < 1.29 is 22.7 Å². The van der Waals surface area contributed by atoms with E-state index in [9.17, 15) is 18.0 Å². The van der Waals surface area contributed by atoms with Crippen LogP contribution in [0.25, 0.3) is 0 Å². The number of benzene rings is 1. The molecule has 0 spiro atoms. The Hall–Kier alpha value is -1.52. The third-order valence-electron chi connectivity index (χ3n) is 4.87. The van der Waals surface area contributed by atoms with Gasteiger partial charge in [-0.1, -0.05) is 39.3 Å². The Morgan fingerprint density at radius 3 is 2.38 bits per heavy atom. The van der Waals surface area contributed by atoms with Crippen molar-refractivity contribution in [3.8, 4) is 0 Å². The van der Waals surface area contributed by atoms with Gasteiger partial charge in [0.05, 0.1) is 12.0 Å². The minimum Gasteiger partial charge on any atom is -0.462 e. The molecule has 0 saturated heterocycles. The maximum absolute atomic E-state index is 12.6. The maximum atomic E-state index is 12.6. The number of hydrogen-bond acceptors (Lipinski definition) is 2. The van der Waals surface area contributed by atoms with Crippen LogP contribution in [-0.2, 0) is 22.1 Å². The van der Waals surface area contributed by atoms with Crippen molar-refractivity contribution in [2.24, 2.45) is 17.8 Å². The molecule has 134 valence electrons. The van der Waals surface area contributed by atoms with E-state index < -0.39 is 11.7 Å². The van der Waals surface area contributed by atoms with E-state index in [1.807, 2.05) is 0 Å². The van der Waals surface area contributed by atoms with Gasteiger partial charge in [-0.2, -0.15) is 13.2 Å². The second-order valence-electron chi connectivity index (χ2n) is 7.23. The van der Waals surface area contributed by atoms with Gasteiger partial charge in [0.2, 0.25) is 0 Å². The summed E-state index contributed by atoms with van der Waals surface area (Å²) in [6.07, 6.45) is -1.37. The first kappa shape index (κ1) is 18.8. The molecule has 1 aromatic rings. The van der Waals surface area contributed by atoms with Crippen LogP contribution in [0, 0.1) is 17.8 Å². The highest BCUT2D eigenvalue weighted by molar-refractivity contribution is 5.72. The summed E-state index contributed by atoms with van der Waals surface area (Å²) in [5, 5.41) is 0. The first-order chi connectivity index (χ1) is 11.2. The zero-order valence-corrected chi connectivity index (χ0v) is 14.4. The molecule has 1 aromatic carbocycles. The van der Waals surface area contributed by atoms with Gasteiger partial charge in [0.15, 0.2) is 0 Å². The number of hydrogen-bond donors (Lipinski definition) is 0. The fraction of sp³-hybridized carbons (Fsp3) is 0.632. The van der Waals surface area contributed by atoms with E-state index in [1.54, 1.807) is 0 Å². The van der Waals surface area contributed by atoms with Crippen LogP contribution in [-0.4, -0.2) is 12.1 Å². The van der Waals surface area contributed by atoms with E-state index in [2.05, 4.69) is 20.8 Å². The summed E-state index contributed by atoms with van der Waals surface area (Å²) in [5.41, 5.74) is -0.168. The van der Waals surface area contributed by atoms with Crippen molar-refractivity contribution in [1.29, 1.82) is 0 Å². The molecule has 0 aliphatic heterocycles. The van der Waals surface area contributed by atoms with Crippen LogP contribution in [0.1, 0.15) is 51.2 Å². The number of alkyl halides is 3. The topological polar surface area (TPSA) is 26.3 Å². The van der Waals surface area contributed by atoms with Crippen LogP contribution in [0.5, 0.6) is 0 Å². The van der Waals surface area contributed by atoms with Crippen molar-refractivity contribution in [1.82, 2.24) is 0 Å². The molecule has 2 nitrogen and oxygen atoms in total.